The fourth-order valence-electron chi connectivity index (χ4n) is 0.724. The van der Waals surface area contributed by atoms with Gasteiger partial charge in [0.1, 0.15) is 0 Å². The van der Waals surface area contributed by atoms with E-state index in [1.165, 1.54) is 12.3 Å². The summed E-state index contributed by atoms with van der Waals surface area (Å²) in [5, 5.41) is -3.80. The molecule has 2 nitrogen and oxygen atoms in total. The predicted molar refractivity (Wildman–Crippen MR) is 45.9 cm³/mol. The molecule has 1 rings (SSSR count). The van der Waals surface area contributed by atoms with Gasteiger partial charge in [-0.1, -0.05) is 0 Å². The normalized spacial score (nSPS) is 11.7. The minimum Gasteiger partial charge on any atom is -0.457 e. The molecule has 13 heavy (non-hydrogen) atoms. The van der Waals surface area contributed by atoms with Crippen LogP contribution in [0.15, 0.2) is 21.4 Å². The molecule has 1 aromatic heterocycles. The first-order chi connectivity index (χ1) is 5.89. The maximum atomic E-state index is 12.2. The first kappa shape index (κ1) is 10.7. The van der Waals surface area contributed by atoms with E-state index in [2.05, 4.69) is 27.5 Å². The summed E-state index contributed by atoms with van der Waals surface area (Å²) in [6.45, 7) is 0. The van der Waals surface area contributed by atoms with E-state index in [4.69, 9.17) is 4.42 Å². The number of carbonyl (C=O) groups is 1. The van der Waals surface area contributed by atoms with Crippen LogP contribution in [0.5, 0.6) is 0 Å². The highest BCUT2D eigenvalue weighted by Crippen LogP contribution is 2.23. The summed E-state index contributed by atoms with van der Waals surface area (Å²) in [6, 6.07) is 1.43. The SMILES string of the molecule is O=C(Cc1coc(Br)c1)C(F)(F)Cl. The fraction of sp³-hybridized carbons (Fsp3) is 0.286. The van der Waals surface area contributed by atoms with Gasteiger partial charge in [0.05, 0.1) is 6.26 Å². The quantitative estimate of drug-likeness (QED) is 0.793. The fourth-order valence-corrected chi connectivity index (χ4v) is 1.18. The van der Waals surface area contributed by atoms with Gasteiger partial charge in [0.25, 0.3) is 0 Å². The molecule has 0 fully saturated rings. The molecule has 0 aromatic carbocycles. The van der Waals surface area contributed by atoms with Crippen LogP contribution in [-0.2, 0) is 11.2 Å². The Morgan fingerprint density at radius 2 is 2.31 bits per heavy atom. The van der Waals surface area contributed by atoms with E-state index in [1.54, 1.807) is 0 Å². The molecule has 0 amide bonds. The molecule has 6 heteroatoms. The molecule has 0 saturated carbocycles. The van der Waals surface area contributed by atoms with Gasteiger partial charge in [0.2, 0.25) is 5.78 Å². The minimum absolute atomic E-state index is 0.359. The lowest BCUT2D eigenvalue weighted by Crippen LogP contribution is -2.23. The summed E-state index contributed by atoms with van der Waals surface area (Å²) in [6.07, 6.45) is 0.774. The number of Topliss-reactive ketones (excluding diaryl/α,β-unsaturated/α-hetero) is 1. The molecule has 0 bridgehead atoms. The Hall–Kier alpha value is -0.420. The third kappa shape index (κ3) is 3.08. The number of halogens is 4. The van der Waals surface area contributed by atoms with Gasteiger partial charge in [-0.2, -0.15) is 8.78 Å². The molecule has 0 spiro atoms. The van der Waals surface area contributed by atoms with E-state index in [0.717, 1.165) is 0 Å². The molecule has 0 atom stereocenters. The Morgan fingerprint density at radius 3 is 2.69 bits per heavy atom. The molecule has 1 heterocycles. The molecule has 72 valence electrons. The van der Waals surface area contributed by atoms with Gasteiger partial charge in [-0.25, -0.2) is 0 Å². The molecule has 0 aliphatic carbocycles. The summed E-state index contributed by atoms with van der Waals surface area (Å²) in [5.74, 6) is -1.34. The van der Waals surface area contributed by atoms with E-state index in [9.17, 15) is 13.6 Å². The van der Waals surface area contributed by atoms with Crippen LogP contribution in [0.25, 0.3) is 0 Å². The molecular formula is C7H4BrClF2O2. The summed E-state index contributed by atoms with van der Waals surface area (Å²) in [7, 11) is 0. The number of hydrogen-bond donors (Lipinski definition) is 0. The lowest BCUT2D eigenvalue weighted by atomic mass is 10.2. The van der Waals surface area contributed by atoms with E-state index in [-0.39, 0.29) is 0 Å². The largest absolute Gasteiger partial charge is 0.457 e. The van der Waals surface area contributed by atoms with Gasteiger partial charge in [0, 0.05) is 6.42 Å². The molecule has 0 aliphatic heterocycles. The van der Waals surface area contributed by atoms with Crippen LogP contribution in [0.1, 0.15) is 5.56 Å². The van der Waals surface area contributed by atoms with Gasteiger partial charge in [-0.3, -0.25) is 4.79 Å². The van der Waals surface area contributed by atoms with Gasteiger partial charge in [-0.05, 0) is 39.2 Å². The van der Waals surface area contributed by atoms with Gasteiger partial charge in [-0.15, -0.1) is 0 Å². The molecule has 0 N–H and O–H groups in total. The highest BCUT2D eigenvalue weighted by Gasteiger charge is 2.35. The maximum Gasteiger partial charge on any atom is 0.380 e. The smallest absolute Gasteiger partial charge is 0.380 e. The van der Waals surface area contributed by atoms with Gasteiger partial charge < -0.3 is 4.42 Å². The van der Waals surface area contributed by atoms with Crippen molar-refractivity contribution in [3.63, 3.8) is 0 Å². The topological polar surface area (TPSA) is 30.2 Å². The Labute approximate surface area is 86.0 Å². The van der Waals surface area contributed by atoms with Crippen molar-refractivity contribution in [3.05, 3.63) is 22.6 Å². The van der Waals surface area contributed by atoms with Crippen LogP contribution < -0.4 is 0 Å². The zero-order chi connectivity index (χ0) is 10.1. The van der Waals surface area contributed by atoms with Crippen LogP contribution in [0.3, 0.4) is 0 Å². The Morgan fingerprint density at radius 1 is 1.69 bits per heavy atom. The maximum absolute atomic E-state index is 12.2. The van der Waals surface area contributed by atoms with E-state index in [1.807, 2.05) is 0 Å². The third-order valence-electron chi connectivity index (χ3n) is 1.30. The standard InChI is InChI=1S/C7H4BrClF2O2/c8-6-2-4(3-13-6)1-5(12)7(9,10)11/h2-3H,1H2. The summed E-state index contributed by atoms with van der Waals surface area (Å²) >= 11 is 7.49. The number of alkyl halides is 3. The monoisotopic (exact) mass is 272 g/mol. The molecule has 0 saturated heterocycles. The summed E-state index contributed by atoms with van der Waals surface area (Å²) in [4.78, 5) is 10.7. The molecule has 0 unspecified atom stereocenters. The number of furan rings is 1. The zero-order valence-electron chi connectivity index (χ0n) is 6.19. The summed E-state index contributed by atoms with van der Waals surface area (Å²) < 4.78 is 29.5. The Balaban J connectivity index is 2.65. The van der Waals surface area contributed by atoms with Gasteiger partial charge in [0.15, 0.2) is 4.67 Å². The van der Waals surface area contributed by atoms with Crippen molar-refractivity contribution in [3.8, 4) is 0 Å². The van der Waals surface area contributed by atoms with Crippen LogP contribution in [0, 0.1) is 0 Å². The Bertz CT molecular complexity index is 319. The zero-order valence-corrected chi connectivity index (χ0v) is 8.53. The van der Waals surface area contributed by atoms with E-state index in [0.29, 0.717) is 10.2 Å². The molecule has 0 radical (unpaired) electrons. The van der Waals surface area contributed by atoms with Crippen LogP contribution in [0.4, 0.5) is 8.78 Å². The average molecular weight is 273 g/mol. The van der Waals surface area contributed by atoms with Crippen molar-refractivity contribution in [1.82, 2.24) is 0 Å². The van der Waals surface area contributed by atoms with Crippen molar-refractivity contribution in [2.45, 2.75) is 11.8 Å². The number of carbonyl (C=O) groups excluding carboxylic acids is 1. The number of rotatable bonds is 3. The minimum atomic E-state index is -3.80. The van der Waals surface area contributed by atoms with Gasteiger partial charge >= 0.3 is 5.38 Å². The number of ketones is 1. The first-order valence-electron chi connectivity index (χ1n) is 3.22. The van der Waals surface area contributed by atoms with Crippen molar-refractivity contribution in [1.29, 1.82) is 0 Å². The highest BCUT2D eigenvalue weighted by atomic mass is 79.9. The molecule has 0 aliphatic rings. The summed E-state index contributed by atoms with van der Waals surface area (Å²) in [5.41, 5.74) is 0.359. The number of hydrogen-bond acceptors (Lipinski definition) is 2. The van der Waals surface area contributed by atoms with E-state index >= 15 is 0 Å². The van der Waals surface area contributed by atoms with Crippen LogP contribution in [-0.4, -0.2) is 11.2 Å². The molecule has 1 aromatic rings. The second-order valence-corrected chi connectivity index (χ2v) is 3.61. The predicted octanol–water partition coefficient (Wildman–Crippen LogP) is 2.99. The average Bonchev–Trinajstić information content (AvgIpc) is 2.33. The second kappa shape index (κ2) is 3.75. The van der Waals surface area contributed by atoms with Crippen molar-refractivity contribution in [2.75, 3.05) is 0 Å². The lowest BCUT2D eigenvalue weighted by Gasteiger charge is -2.03. The highest BCUT2D eigenvalue weighted by molar-refractivity contribution is 9.10. The lowest BCUT2D eigenvalue weighted by molar-refractivity contribution is -0.132. The van der Waals surface area contributed by atoms with Crippen LogP contribution >= 0.6 is 27.5 Å². The van der Waals surface area contributed by atoms with Crippen LogP contribution in [0.2, 0.25) is 0 Å². The first-order valence-corrected chi connectivity index (χ1v) is 4.39. The second-order valence-electron chi connectivity index (χ2n) is 2.36. The van der Waals surface area contributed by atoms with E-state index < -0.39 is 17.6 Å². The third-order valence-corrected chi connectivity index (χ3v) is 1.93. The van der Waals surface area contributed by atoms with Crippen molar-refractivity contribution >= 4 is 33.3 Å². The van der Waals surface area contributed by atoms with Crippen molar-refractivity contribution < 1.29 is 18.0 Å². The van der Waals surface area contributed by atoms with Crippen molar-refractivity contribution in [2.24, 2.45) is 0 Å². The Kier molecular flexibility index (Phi) is 3.08. The molecular weight excluding hydrogens is 269 g/mol.